The Kier molecular flexibility index (Phi) is 6.25. The Hall–Kier alpha value is -2.65. The largest absolute Gasteiger partial charge is 0.480 e. The van der Waals surface area contributed by atoms with Gasteiger partial charge < -0.3 is 15.4 Å². The number of aliphatic carboxylic acids is 1. The van der Waals surface area contributed by atoms with Crippen molar-refractivity contribution >= 4 is 23.8 Å². The number of rotatable bonds is 6. The number of H-pyrrole nitrogens is 1. The van der Waals surface area contributed by atoms with Crippen LogP contribution in [0.2, 0.25) is 0 Å². The van der Waals surface area contributed by atoms with E-state index < -0.39 is 18.4 Å². The summed E-state index contributed by atoms with van der Waals surface area (Å²) in [6.45, 7) is 1.39. The number of nitrogens with zero attached hydrogens (tertiary/aromatic N) is 2. The lowest BCUT2D eigenvalue weighted by Gasteiger charge is -2.30. The lowest BCUT2D eigenvalue weighted by atomic mass is 9.91. The van der Waals surface area contributed by atoms with Gasteiger partial charge in [-0.15, -0.1) is 0 Å². The van der Waals surface area contributed by atoms with Gasteiger partial charge in [0.2, 0.25) is 5.56 Å². The molecule has 1 aliphatic rings. The monoisotopic (exact) mass is 388 g/mol. The molecule has 1 amide bonds. The van der Waals surface area contributed by atoms with Crippen LogP contribution in [0.1, 0.15) is 34.8 Å². The second-order valence-electron chi connectivity index (χ2n) is 6.24. The van der Waals surface area contributed by atoms with Crippen molar-refractivity contribution < 1.29 is 14.7 Å². The van der Waals surface area contributed by atoms with E-state index >= 15 is 0 Å². The standard InChI is InChI=1S/C18H20N4O4S/c23-16-4-1-13(9-20-16)12-5-7-22(8-6-12)27-14-2-3-15(19-10-14)18(26)21-11-17(24)25/h1-4,9-10,12H,5-8,11H2,(H,20,23)(H,21,26)(H,24,25). The molecule has 8 nitrogen and oxygen atoms in total. The van der Waals surface area contributed by atoms with Crippen molar-refractivity contribution in [2.45, 2.75) is 23.7 Å². The molecule has 3 heterocycles. The Morgan fingerprint density at radius 3 is 2.63 bits per heavy atom. The molecule has 0 aliphatic carbocycles. The average molecular weight is 388 g/mol. The highest BCUT2D eigenvalue weighted by atomic mass is 32.2. The van der Waals surface area contributed by atoms with Crippen LogP contribution in [-0.4, -0.2) is 50.9 Å². The maximum atomic E-state index is 11.8. The van der Waals surface area contributed by atoms with Crippen molar-refractivity contribution in [2.75, 3.05) is 19.6 Å². The minimum absolute atomic E-state index is 0.0840. The number of carbonyl (C=O) groups is 2. The molecule has 1 saturated heterocycles. The minimum Gasteiger partial charge on any atom is -0.480 e. The number of amides is 1. The lowest BCUT2D eigenvalue weighted by Crippen LogP contribution is -2.30. The fourth-order valence-corrected chi connectivity index (χ4v) is 3.84. The number of hydrogen-bond acceptors (Lipinski definition) is 6. The van der Waals surface area contributed by atoms with Crippen LogP contribution >= 0.6 is 11.9 Å². The molecule has 142 valence electrons. The molecule has 1 fully saturated rings. The average Bonchev–Trinajstić information content (AvgIpc) is 2.68. The fourth-order valence-electron chi connectivity index (χ4n) is 2.92. The highest BCUT2D eigenvalue weighted by Gasteiger charge is 2.21. The van der Waals surface area contributed by atoms with Crippen LogP contribution in [0, 0.1) is 0 Å². The van der Waals surface area contributed by atoms with Crippen LogP contribution in [0.25, 0.3) is 0 Å². The number of aromatic nitrogens is 2. The molecular formula is C18H20N4O4S. The fraction of sp³-hybridized carbons (Fsp3) is 0.333. The smallest absolute Gasteiger partial charge is 0.322 e. The Morgan fingerprint density at radius 1 is 1.26 bits per heavy atom. The number of carbonyl (C=O) groups excluding carboxylic acids is 1. The molecule has 0 saturated carbocycles. The number of hydrogen-bond donors (Lipinski definition) is 3. The maximum absolute atomic E-state index is 11.8. The molecule has 0 aromatic carbocycles. The molecule has 3 N–H and O–H groups in total. The predicted molar refractivity (Wildman–Crippen MR) is 101 cm³/mol. The van der Waals surface area contributed by atoms with Gasteiger partial charge in [0.25, 0.3) is 5.91 Å². The summed E-state index contributed by atoms with van der Waals surface area (Å²) in [5.41, 5.74) is 1.27. The second-order valence-corrected chi connectivity index (χ2v) is 7.41. The zero-order valence-corrected chi connectivity index (χ0v) is 15.4. The van der Waals surface area contributed by atoms with Gasteiger partial charge in [0.15, 0.2) is 0 Å². The van der Waals surface area contributed by atoms with Gasteiger partial charge in [0.05, 0.1) is 0 Å². The number of carboxylic acids is 1. The van der Waals surface area contributed by atoms with Crippen LogP contribution in [0.4, 0.5) is 0 Å². The summed E-state index contributed by atoms with van der Waals surface area (Å²) in [6, 6.07) is 6.86. The van der Waals surface area contributed by atoms with Crippen LogP contribution in [0.5, 0.6) is 0 Å². The predicted octanol–water partition coefficient (Wildman–Crippen LogP) is 1.47. The summed E-state index contributed by atoms with van der Waals surface area (Å²) in [5.74, 6) is -1.16. The Bertz CT molecular complexity index is 840. The molecule has 0 atom stereocenters. The van der Waals surface area contributed by atoms with E-state index in [0.29, 0.717) is 5.92 Å². The van der Waals surface area contributed by atoms with E-state index in [2.05, 4.69) is 19.6 Å². The second kappa shape index (κ2) is 8.83. The van der Waals surface area contributed by atoms with Crippen molar-refractivity contribution in [1.29, 1.82) is 0 Å². The van der Waals surface area contributed by atoms with Crippen molar-refractivity contribution in [3.05, 3.63) is 58.3 Å². The molecule has 0 bridgehead atoms. The van der Waals surface area contributed by atoms with Crippen LogP contribution < -0.4 is 10.9 Å². The normalized spacial score (nSPS) is 15.4. The van der Waals surface area contributed by atoms with Crippen molar-refractivity contribution in [3.63, 3.8) is 0 Å². The summed E-state index contributed by atoms with van der Waals surface area (Å²) in [7, 11) is 0. The third kappa shape index (κ3) is 5.41. The zero-order chi connectivity index (χ0) is 19.2. The molecular weight excluding hydrogens is 368 g/mol. The molecule has 2 aromatic rings. The van der Waals surface area contributed by atoms with Gasteiger partial charge in [-0.3, -0.25) is 14.4 Å². The summed E-state index contributed by atoms with van der Waals surface area (Å²) < 4.78 is 2.25. The lowest BCUT2D eigenvalue weighted by molar-refractivity contribution is -0.135. The number of nitrogens with one attached hydrogen (secondary N) is 2. The van der Waals surface area contributed by atoms with Crippen LogP contribution in [0.15, 0.2) is 46.3 Å². The van der Waals surface area contributed by atoms with Gasteiger partial charge in [-0.2, -0.15) is 0 Å². The van der Waals surface area contributed by atoms with Gasteiger partial charge in [-0.1, -0.05) is 6.07 Å². The molecule has 27 heavy (non-hydrogen) atoms. The molecule has 2 aromatic heterocycles. The quantitative estimate of drug-likeness (QED) is 0.642. The highest BCUT2D eigenvalue weighted by Crippen LogP contribution is 2.32. The number of aromatic amines is 1. The first-order valence-electron chi connectivity index (χ1n) is 8.59. The maximum Gasteiger partial charge on any atom is 0.322 e. The first kappa shape index (κ1) is 19.1. The van der Waals surface area contributed by atoms with Crippen molar-refractivity contribution in [2.24, 2.45) is 0 Å². The summed E-state index contributed by atoms with van der Waals surface area (Å²) in [5, 5.41) is 10.9. The molecule has 3 rings (SSSR count). The van der Waals surface area contributed by atoms with Crippen molar-refractivity contribution in [3.8, 4) is 0 Å². The van der Waals surface area contributed by atoms with Gasteiger partial charge in [-0.05, 0) is 48.4 Å². The van der Waals surface area contributed by atoms with Crippen LogP contribution in [0.3, 0.4) is 0 Å². The summed E-state index contributed by atoms with van der Waals surface area (Å²) in [4.78, 5) is 41.2. The number of piperidine rings is 1. The summed E-state index contributed by atoms with van der Waals surface area (Å²) in [6.07, 6.45) is 5.42. The van der Waals surface area contributed by atoms with Crippen molar-refractivity contribution in [1.82, 2.24) is 19.6 Å². The van der Waals surface area contributed by atoms with Crippen LogP contribution in [-0.2, 0) is 4.79 Å². The zero-order valence-electron chi connectivity index (χ0n) is 14.6. The van der Waals surface area contributed by atoms with E-state index in [1.807, 2.05) is 6.07 Å². The molecule has 0 radical (unpaired) electrons. The Morgan fingerprint density at radius 2 is 2.04 bits per heavy atom. The van der Waals surface area contributed by atoms with E-state index in [9.17, 15) is 14.4 Å². The SMILES string of the molecule is O=C(O)CNC(=O)c1ccc(SN2CCC(c3ccc(=O)[nH]c3)CC2)cn1. The first-order valence-corrected chi connectivity index (χ1v) is 9.36. The Balaban J connectivity index is 1.50. The van der Waals surface area contributed by atoms with E-state index in [4.69, 9.17) is 5.11 Å². The molecule has 0 unspecified atom stereocenters. The number of carboxylic acid groups (broad SMARTS) is 1. The summed E-state index contributed by atoms with van der Waals surface area (Å²) >= 11 is 1.59. The molecule has 0 spiro atoms. The molecule has 1 aliphatic heterocycles. The van der Waals surface area contributed by atoms with Gasteiger partial charge in [0, 0.05) is 36.4 Å². The Labute approximate surface area is 160 Å². The number of pyridine rings is 2. The first-order chi connectivity index (χ1) is 13.0. The molecule has 9 heteroatoms. The van der Waals surface area contributed by atoms with E-state index in [-0.39, 0.29) is 11.3 Å². The third-order valence-corrected chi connectivity index (χ3v) is 5.41. The van der Waals surface area contributed by atoms with E-state index in [1.54, 1.807) is 42.5 Å². The van der Waals surface area contributed by atoms with Gasteiger partial charge in [-0.25, -0.2) is 9.29 Å². The van der Waals surface area contributed by atoms with E-state index in [1.165, 1.54) is 0 Å². The van der Waals surface area contributed by atoms with E-state index in [0.717, 1.165) is 36.4 Å². The minimum atomic E-state index is -1.10. The topological polar surface area (TPSA) is 115 Å². The third-order valence-electron chi connectivity index (χ3n) is 4.34. The highest BCUT2D eigenvalue weighted by molar-refractivity contribution is 7.97. The van der Waals surface area contributed by atoms with Gasteiger partial charge in [0.1, 0.15) is 12.2 Å². The van der Waals surface area contributed by atoms with Gasteiger partial charge >= 0.3 is 5.97 Å².